The zero-order chi connectivity index (χ0) is 19.3. The summed E-state index contributed by atoms with van der Waals surface area (Å²) >= 11 is 0. The minimum atomic E-state index is -4.50. The number of nitro benzene ring substituents is 1. The molecule has 3 rings (SSSR count). The van der Waals surface area contributed by atoms with E-state index >= 15 is 0 Å². The van der Waals surface area contributed by atoms with Gasteiger partial charge < -0.3 is 9.47 Å². The van der Waals surface area contributed by atoms with Crippen LogP contribution in [0.15, 0.2) is 29.2 Å². The van der Waals surface area contributed by atoms with Gasteiger partial charge in [0.15, 0.2) is 4.90 Å². The number of hydrogen-bond donors (Lipinski definition) is 0. The smallest absolute Gasteiger partial charge is 0.424 e. The summed E-state index contributed by atoms with van der Waals surface area (Å²) < 4.78 is 37.7. The van der Waals surface area contributed by atoms with Crippen molar-refractivity contribution in [1.82, 2.24) is 4.31 Å². The molecule has 0 unspecified atom stereocenters. The molecular formula is C16H20N2O7S. The highest BCUT2D eigenvalue weighted by molar-refractivity contribution is 7.89. The predicted octanol–water partition coefficient (Wildman–Crippen LogP) is 2.45. The normalized spacial score (nSPS) is 24.7. The summed E-state index contributed by atoms with van der Waals surface area (Å²) in [6, 6.07) is 4.21. The highest BCUT2D eigenvalue weighted by Gasteiger charge is 2.57. The van der Waals surface area contributed by atoms with Crippen LogP contribution in [0, 0.1) is 10.1 Å². The van der Waals surface area contributed by atoms with Crippen LogP contribution in [-0.4, -0.2) is 47.6 Å². The number of epoxide rings is 1. The molecule has 1 aliphatic heterocycles. The molecule has 1 aromatic carbocycles. The average Bonchev–Trinajstić information content (AvgIpc) is 3.19. The fourth-order valence-electron chi connectivity index (χ4n) is 3.13. The van der Waals surface area contributed by atoms with E-state index in [0.717, 1.165) is 12.1 Å². The summed E-state index contributed by atoms with van der Waals surface area (Å²) in [5, 5.41) is 11.3. The molecule has 10 heteroatoms. The third kappa shape index (κ3) is 3.38. The Labute approximate surface area is 151 Å². The third-order valence-corrected chi connectivity index (χ3v) is 6.06. The molecule has 1 aromatic rings. The van der Waals surface area contributed by atoms with E-state index < -0.39 is 43.3 Å². The second-order valence-corrected chi connectivity index (χ2v) is 9.07. The van der Waals surface area contributed by atoms with Crippen LogP contribution in [0.2, 0.25) is 0 Å². The van der Waals surface area contributed by atoms with Crippen molar-refractivity contribution in [3.8, 4) is 0 Å². The molecule has 1 aliphatic carbocycles. The van der Waals surface area contributed by atoms with Gasteiger partial charge in [-0.15, -0.1) is 0 Å². The number of ether oxygens (including phenoxy) is 2. The summed E-state index contributed by atoms with van der Waals surface area (Å²) in [6.07, 6.45) is -0.474. The Hall–Kier alpha value is -2.20. The molecule has 2 aliphatic rings. The molecule has 1 saturated carbocycles. The number of nitrogens with zero attached hydrogens (tertiary/aromatic N) is 2. The molecule has 0 bridgehead atoms. The van der Waals surface area contributed by atoms with Gasteiger partial charge in [-0.05, 0) is 39.7 Å². The van der Waals surface area contributed by atoms with Crippen molar-refractivity contribution in [2.45, 2.75) is 62.4 Å². The zero-order valence-electron chi connectivity index (χ0n) is 14.6. The third-order valence-electron chi connectivity index (χ3n) is 4.22. The number of rotatable bonds is 4. The van der Waals surface area contributed by atoms with Gasteiger partial charge in [0.2, 0.25) is 0 Å². The fraction of sp³-hybridized carbons (Fsp3) is 0.562. The van der Waals surface area contributed by atoms with Crippen molar-refractivity contribution in [3.05, 3.63) is 34.4 Å². The maximum Gasteiger partial charge on any atom is 0.424 e. The van der Waals surface area contributed by atoms with Gasteiger partial charge in [-0.25, -0.2) is 13.2 Å². The highest BCUT2D eigenvalue weighted by Crippen LogP contribution is 2.43. The molecule has 2 fully saturated rings. The van der Waals surface area contributed by atoms with Crippen LogP contribution in [0.4, 0.5) is 10.5 Å². The van der Waals surface area contributed by atoms with E-state index in [1.165, 1.54) is 12.1 Å². The highest BCUT2D eigenvalue weighted by atomic mass is 32.2. The van der Waals surface area contributed by atoms with Crippen LogP contribution in [-0.2, 0) is 19.5 Å². The molecule has 1 heterocycles. The summed E-state index contributed by atoms with van der Waals surface area (Å²) in [6.45, 7) is 4.85. The second kappa shape index (κ2) is 6.20. The van der Waals surface area contributed by atoms with E-state index in [1.54, 1.807) is 20.8 Å². The predicted molar refractivity (Wildman–Crippen MR) is 90.0 cm³/mol. The molecule has 0 aromatic heterocycles. The molecular weight excluding hydrogens is 364 g/mol. The summed E-state index contributed by atoms with van der Waals surface area (Å²) in [7, 11) is -4.50. The van der Waals surface area contributed by atoms with Gasteiger partial charge in [0.25, 0.3) is 15.7 Å². The maximum absolute atomic E-state index is 13.2. The first-order chi connectivity index (χ1) is 12.0. The number of amides is 1. The lowest BCUT2D eigenvalue weighted by molar-refractivity contribution is -0.387. The minimum Gasteiger partial charge on any atom is -0.443 e. The lowest BCUT2D eigenvalue weighted by Crippen LogP contribution is -2.48. The van der Waals surface area contributed by atoms with Crippen LogP contribution in [0.1, 0.15) is 33.6 Å². The van der Waals surface area contributed by atoms with Gasteiger partial charge in [-0.2, -0.15) is 4.31 Å². The number of carbonyl (C=O) groups is 1. The van der Waals surface area contributed by atoms with Crippen molar-refractivity contribution in [2.75, 3.05) is 0 Å². The molecule has 0 N–H and O–H groups in total. The van der Waals surface area contributed by atoms with Crippen molar-refractivity contribution in [1.29, 1.82) is 0 Å². The Balaban J connectivity index is 2.06. The fourth-order valence-corrected chi connectivity index (χ4v) is 4.81. The number of fused-ring (bicyclic) bond motifs is 1. The van der Waals surface area contributed by atoms with Gasteiger partial charge in [0.1, 0.15) is 11.7 Å². The van der Waals surface area contributed by atoms with Gasteiger partial charge >= 0.3 is 6.09 Å². The quantitative estimate of drug-likeness (QED) is 0.444. The van der Waals surface area contributed by atoms with Crippen molar-refractivity contribution in [2.24, 2.45) is 0 Å². The lowest BCUT2D eigenvalue weighted by atomic mass is 10.2. The summed E-state index contributed by atoms with van der Waals surface area (Å²) in [4.78, 5) is 22.6. The van der Waals surface area contributed by atoms with Crippen LogP contribution < -0.4 is 0 Å². The molecule has 3 atom stereocenters. The largest absolute Gasteiger partial charge is 0.443 e. The molecule has 142 valence electrons. The topological polar surface area (TPSA) is 119 Å². The first-order valence-electron chi connectivity index (χ1n) is 8.18. The van der Waals surface area contributed by atoms with Crippen LogP contribution in [0.5, 0.6) is 0 Å². The van der Waals surface area contributed by atoms with Gasteiger partial charge in [0.05, 0.1) is 17.1 Å². The van der Waals surface area contributed by atoms with E-state index in [4.69, 9.17) is 9.47 Å². The van der Waals surface area contributed by atoms with Crippen LogP contribution >= 0.6 is 0 Å². The Morgan fingerprint density at radius 3 is 2.46 bits per heavy atom. The summed E-state index contributed by atoms with van der Waals surface area (Å²) in [5.41, 5.74) is -1.51. The number of hydrogen-bond acceptors (Lipinski definition) is 7. The molecule has 0 spiro atoms. The Kier molecular flexibility index (Phi) is 4.43. The molecule has 0 radical (unpaired) electrons. The van der Waals surface area contributed by atoms with Crippen LogP contribution in [0.3, 0.4) is 0 Å². The minimum absolute atomic E-state index is 0.0779. The first-order valence-corrected chi connectivity index (χ1v) is 9.62. The summed E-state index contributed by atoms with van der Waals surface area (Å²) in [5.74, 6) is 0. The van der Waals surface area contributed by atoms with Gasteiger partial charge in [-0.1, -0.05) is 12.1 Å². The Morgan fingerprint density at radius 1 is 1.31 bits per heavy atom. The standard InChI is InChI=1S/C16H20N2O7S/c1-16(2,3)25-15(19)17(11-8-9-12-14(11)24-12)26(22,23)13-7-5-4-6-10(13)18(20)21/h4-7,11-12,14H,8-9H2,1-3H3/t11-,12-,14+/m0/s1. The number of carbonyl (C=O) groups excluding carboxylic acids is 1. The first kappa shape index (κ1) is 18.6. The van der Waals surface area contributed by atoms with E-state index in [0.29, 0.717) is 17.1 Å². The van der Waals surface area contributed by atoms with Crippen LogP contribution in [0.25, 0.3) is 0 Å². The van der Waals surface area contributed by atoms with E-state index in [-0.39, 0.29) is 12.2 Å². The van der Waals surface area contributed by atoms with E-state index in [1.807, 2.05) is 0 Å². The van der Waals surface area contributed by atoms with Gasteiger partial charge in [0, 0.05) is 6.07 Å². The molecule has 26 heavy (non-hydrogen) atoms. The SMILES string of the molecule is CC(C)(C)OC(=O)N([C@H]1CC[C@@H]2O[C@@H]21)S(=O)(=O)c1ccccc1[N+](=O)[O-]. The lowest BCUT2D eigenvalue weighted by Gasteiger charge is -2.30. The van der Waals surface area contributed by atoms with Crippen molar-refractivity contribution < 1.29 is 27.6 Å². The Bertz CT molecular complexity index is 846. The number of para-hydroxylation sites is 1. The number of benzene rings is 1. The molecule has 9 nitrogen and oxygen atoms in total. The zero-order valence-corrected chi connectivity index (χ0v) is 15.4. The maximum atomic E-state index is 13.2. The average molecular weight is 384 g/mol. The van der Waals surface area contributed by atoms with E-state index in [9.17, 15) is 23.3 Å². The monoisotopic (exact) mass is 384 g/mol. The number of nitro groups is 1. The second-order valence-electron chi connectivity index (χ2n) is 7.29. The Morgan fingerprint density at radius 2 is 1.96 bits per heavy atom. The molecule has 1 amide bonds. The van der Waals surface area contributed by atoms with Crippen molar-refractivity contribution in [3.63, 3.8) is 0 Å². The van der Waals surface area contributed by atoms with Gasteiger partial charge in [-0.3, -0.25) is 10.1 Å². The van der Waals surface area contributed by atoms with E-state index in [2.05, 4.69) is 0 Å². The van der Waals surface area contributed by atoms with Crippen molar-refractivity contribution >= 4 is 21.8 Å². The molecule has 1 saturated heterocycles. The number of sulfonamides is 1.